The highest BCUT2D eigenvalue weighted by atomic mass is 19.1. The van der Waals surface area contributed by atoms with E-state index in [1.807, 2.05) is 19.1 Å². The van der Waals surface area contributed by atoms with Crippen LogP contribution in [0.3, 0.4) is 0 Å². The second kappa shape index (κ2) is 5.72. The average Bonchev–Trinajstić information content (AvgIpc) is 3.09. The normalized spacial score (nSPS) is 25.4. The zero-order chi connectivity index (χ0) is 14.1. The Hall–Kier alpha value is -1.09. The molecule has 1 aliphatic heterocycles. The molecular weight excluding hydrogens is 251 g/mol. The number of nitrogens with two attached hydrogens (primary N) is 1. The van der Waals surface area contributed by atoms with Gasteiger partial charge in [-0.1, -0.05) is 18.9 Å². The number of nitrogens with zero attached hydrogens (tertiary/aromatic N) is 1. The quantitative estimate of drug-likeness (QED) is 0.904. The molecule has 1 heterocycles. The van der Waals surface area contributed by atoms with Gasteiger partial charge in [-0.2, -0.15) is 0 Å². The Kier molecular flexibility index (Phi) is 3.97. The topological polar surface area (TPSA) is 29.3 Å². The fraction of sp³-hybridized carbons (Fsp3) is 0.647. The first-order valence-corrected chi connectivity index (χ1v) is 7.98. The highest BCUT2D eigenvalue weighted by Gasteiger charge is 2.34. The van der Waals surface area contributed by atoms with Crippen LogP contribution < -0.4 is 10.6 Å². The Morgan fingerprint density at radius 3 is 2.60 bits per heavy atom. The predicted molar refractivity (Wildman–Crippen MR) is 81.3 cm³/mol. The van der Waals surface area contributed by atoms with Crippen molar-refractivity contribution in [2.75, 3.05) is 11.4 Å². The molecule has 1 aromatic rings. The van der Waals surface area contributed by atoms with E-state index in [9.17, 15) is 4.39 Å². The Morgan fingerprint density at radius 1 is 1.20 bits per heavy atom. The highest BCUT2D eigenvalue weighted by molar-refractivity contribution is 5.51. The Morgan fingerprint density at radius 2 is 1.95 bits per heavy atom. The molecule has 0 radical (unpaired) electrons. The highest BCUT2D eigenvalue weighted by Crippen LogP contribution is 2.38. The summed E-state index contributed by atoms with van der Waals surface area (Å²) in [6.45, 7) is 2.89. The molecule has 0 amide bonds. The molecule has 1 aromatic carbocycles. The van der Waals surface area contributed by atoms with Crippen molar-refractivity contribution in [3.63, 3.8) is 0 Å². The molecule has 2 nitrogen and oxygen atoms in total. The maximum Gasteiger partial charge on any atom is 0.146 e. The summed E-state index contributed by atoms with van der Waals surface area (Å²) in [5.74, 6) is 0.662. The Bertz CT molecular complexity index is 466. The van der Waals surface area contributed by atoms with Crippen molar-refractivity contribution >= 4 is 5.69 Å². The van der Waals surface area contributed by atoms with Gasteiger partial charge in [0, 0.05) is 18.6 Å². The van der Waals surface area contributed by atoms with Gasteiger partial charge in [0.15, 0.2) is 0 Å². The van der Waals surface area contributed by atoms with Crippen LogP contribution in [-0.2, 0) is 0 Å². The van der Waals surface area contributed by atoms with Crippen molar-refractivity contribution in [3.8, 4) is 0 Å². The van der Waals surface area contributed by atoms with Gasteiger partial charge in [0.2, 0.25) is 0 Å². The minimum Gasteiger partial charge on any atom is -0.366 e. The molecule has 0 aromatic heterocycles. The Balaban J connectivity index is 1.83. The summed E-state index contributed by atoms with van der Waals surface area (Å²) in [7, 11) is 0. The lowest BCUT2D eigenvalue weighted by atomic mass is 9.95. The van der Waals surface area contributed by atoms with Gasteiger partial charge in [-0.15, -0.1) is 0 Å². The third-order valence-corrected chi connectivity index (χ3v) is 5.05. The molecule has 2 aliphatic rings. The molecule has 3 heteroatoms. The standard InChI is InChI=1S/C17H25FN2/c1-12(19)14-8-9-17(15(18)11-14)20-10-4-7-16(20)13-5-2-3-6-13/h8-9,11-13,16H,2-7,10,19H2,1H3. The zero-order valence-corrected chi connectivity index (χ0v) is 12.3. The van der Waals surface area contributed by atoms with Crippen LogP contribution in [0.25, 0.3) is 0 Å². The first-order chi connectivity index (χ1) is 9.66. The summed E-state index contributed by atoms with van der Waals surface area (Å²) in [5, 5.41) is 0. The average molecular weight is 276 g/mol. The SMILES string of the molecule is CC(N)c1ccc(N2CCCC2C2CCCC2)c(F)c1. The van der Waals surface area contributed by atoms with Crippen LogP contribution in [0.4, 0.5) is 10.1 Å². The van der Waals surface area contributed by atoms with Gasteiger partial charge in [0.25, 0.3) is 0 Å². The fourth-order valence-corrected chi connectivity index (χ4v) is 3.96. The van der Waals surface area contributed by atoms with E-state index in [1.54, 1.807) is 6.07 Å². The molecule has 2 atom stereocenters. The van der Waals surface area contributed by atoms with E-state index >= 15 is 0 Å². The molecule has 110 valence electrons. The van der Waals surface area contributed by atoms with E-state index in [1.165, 1.54) is 38.5 Å². The first-order valence-electron chi connectivity index (χ1n) is 7.98. The molecule has 20 heavy (non-hydrogen) atoms. The molecule has 0 bridgehead atoms. The summed E-state index contributed by atoms with van der Waals surface area (Å²) < 4.78 is 14.4. The molecule has 2 N–H and O–H groups in total. The van der Waals surface area contributed by atoms with Crippen LogP contribution in [0, 0.1) is 11.7 Å². The van der Waals surface area contributed by atoms with Crippen LogP contribution in [0.1, 0.15) is 57.1 Å². The van der Waals surface area contributed by atoms with Crippen molar-refractivity contribution in [1.29, 1.82) is 0 Å². The van der Waals surface area contributed by atoms with E-state index in [0.29, 0.717) is 6.04 Å². The molecule has 1 saturated carbocycles. The molecule has 2 unspecified atom stereocenters. The van der Waals surface area contributed by atoms with Gasteiger partial charge in [-0.25, -0.2) is 4.39 Å². The maximum absolute atomic E-state index is 14.4. The molecule has 1 aliphatic carbocycles. The summed E-state index contributed by atoms with van der Waals surface area (Å²) in [5.41, 5.74) is 7.49. The fourth-order valence-electron chi connectivity index (χ4n) is 3.96. The maximum atomic E-state index is 14.4. The van der Waals surface area contributed by atoms with E-state index < -0.39 is 0 Å². The minimum absolute atomic E-state index is 0.107. The summed E-state index contributed by atoms with van der Waals surface area (Å²) >= 11 is 0. The number of rotatable bonds is 3. The van der Waals surface area contributed by atoms with Crippen molar-refractivity contribution in [2.45, 2.75) is 57.5 Å². The molecule has 3 rings (SSSR count). The molecule has 2 fully saturated rings. The Labute approximate surface area is 121 Å². The smallest absolute Gasteiger partial charge is 0.146 e. The summed E-state index contributed by atoms with van der Waals surface area (Å²) in [6.07, 6.45) is 7.75. The van der Waals surface area contributed by atoms with Crippen LogP contribution in [0.5, 0.6) is 0 Å². The third-order valence-electron chi connectivity index (χ3n) is 5.05. The number of halogens is 1. The van der Waals surface area contributed by atoms with Gasteiger partial charge in [-0.05, 0) is 56.2 Å². The van der Waals surface area contributed by atoms with Crippen molar-refractivity contribution in [1.82, 2.24) is 0 Å². The molecular formula is C17H25FN2. The third kappa shape index (κ3) is 2.56. The second-order valence-electron chi connectivity index (χ2n) is 6.45. The number of benzene rings is 1. The lowest BCUT2D eigenvalue weighted by Gasteiger charge is -2.31. The van der Waals surface area contributed by atoms with Gasteiger partial charge >= 0.3 is 0 Å². The van der Waals surface area contributed by atoms with E-state index in [0.717, 1.165) is 23.7 Å². The van der Waals surface area contributed by atoms with Gasteiger partial charge < -0.3 is 10.6 Å². The number of hydrogen-bond acceptors (Lipinski definition) is 2. The van der Waals surface area contributed by atoms with Crippen LogP contribution in [-0.4, -0.2) is 12.6 Å². The second-order valence-corrected chi connectivity index (χ2v) is 6.45. The van der Waals surface area contributed by atoms with E-state index in [-0.39, 0.29) is 11.9 Å². The lowest BCUT2D eigenvalue weighted by molar-refractivity contribution is 0.427. The van der Waals surface area contributed by atoms with Gasteiger partial charge in [-0.3, -0.25) is 0 Å². The van der Waals surface area contributed by atoms with Crippen LogP contribution >= 0.6 is 0 Å². The van der Waals surface area contributed by atoms with Crippen molar-refractivity contribution in [3.05, 3.63) is 29.6 Å². The molecule has 0 spiro atoms. The number of anilines is 1. The monoisotopic (exact) mass is 276 g/mol. The number of hydrogen-bond donors (Lipinski definition) is 1. The summed E-state index contributed by atoms with van der Waals surface area (Å²) in [6, 6.07) is 5.97. The van der Waals surface area contributed by atoms with Gasteiger partial charge in [0.05, 0.1) is 5.69 Å². The minimum atomic E-state index is -0.109. The van der Waals surface area contributed by atoms with E-state index in [4.69, 9.17) is 5.73 Å². The lowest BCUT2D eigenvalue weighted by Crippen LogP contribution is -2.35. The predicted octanol–water partition coefficient (Wildman–Crippen LogP) is 4.00. The summed E-state index contributed by atoms with van der Waals surface area (Å²) in [4.78, 5) is 2.32. The first kappa shape index (κ1) is 13.9. The largest absolute Gasteiger partial charge is 0.366 e. The zero-order valence-electron chi connectivity index (χ0n) is 12.3. The van der Waals surface area contributed by atoms with Crippen molar-refractivity contribution in [2.24, 2.45) is 11.7 Å². The van der Waals surface area contributed by atoms with Gasteiger partial charge in [0.1, 0.15) is 5.82 Å². The van der Waals surface area contributed by atoms with Crippen LogP contribution in [0.15, 0.2) is 18.2 Å². The van der Waals surface area contributed by atoms with Crippen molar-refractivity contribution < 1.29 is 4.39 Å². The van der Waals surface area contributed by atoms with E-state index in [2.05, 4.69) is 4.90 Å². The molecule has 1 saturated heterocycles. The van der Waals surface area contributed by atoms with Crippen LogP contribution in [0.2, 0.25) is 0 Å².